The molecule has 1 saturated heterocycles. The molecule has 1 aromatic carbocycles. The van der Waals surface area contributed by atoms with E-state index in [4.69, 9.17) is 0 Å². The Kier molecular flexibility index (Phi) is 7.16. The fourth-order valence-electron chi connectivity index (χ4n) is 3.50. The molecule has 29 heavy (non-hydrogen) atoms. The van der Waals surface area contributed by atoms with E-state index < -0.39 is 0 Å². The van der Waals surface area contributed by atoms with Gasteiger partial charge >= 0.3 is 0 Å². The Morgan fingerprint density at radius 2 is 1.62 bits per heavy atom. The fraction of sp³-hybridized carbons (Fsp3) is 0.455. The molecule has 3 rings (SSSR count). The van der Waals surface area contributed by atoms with Crippen LogP contribution in [-0.2, 0) is 0 Å². The molecule has 0 spiro atoms. The minimum Gasteiger partial charge on any atom is -0.372 e. The van der Waals surface area contributed by atoms with Crippen molar-refractivity contribution in [2.75, 3.05) is 44.2 Å². The Morgan fingerprint density at radius 1 is 0.966 bits per heavy atom. The summed E-state index contributed by atoms with van der Waals surface area (Å²) in [5.74, 6) is -0.124. The minimum atomic E-state index is -0.138. The highest BCUT2D eigenvalue weighted by atomic mass is 16.2. The van der Waals surface area contributed by atoms with E-state index in [1.54, 1.807) is 11.1 Å². The predicted octanol–water partition coefficient (Wildman–Crippen LogP) is 2.70. The number of carbonyl (C=O) groups is 2. The Balaban J connectivity index is 1.57. The van der Waals surface area contributed by atoms with Gasteiger partial charge in [0.1, 0.15) is 5.69 Å². The first-order chi connectivity index (χ1) is 14.1. The van der Waals surface area contributed by atoms with Gasteiger partial charge in [0.15, 0.2) is 0 Å². The van der Waals surface area contributed by atoms with Crippen molar-refractivity contribution in [1.29, 1.82) is 0 Å². The highest BCUT2D eigenvalue weighted by molar-refractivity contribution is 5.95. The number of unbranched alkanes of at least 4 members (excludes halogenated alkanes) is 1. The zero-order valence-corrected chi connectivity index (χ0v) is 17.3. The van der Waals surface area contributed by atoms with Crippen molar-refractivity contribution in [2.45, 2.75) is 26.7 Å². The van der Waals surface area contributed by atoms with Gasteiger partial charge < -0.3 is 14.7 Å². The van der Waals surface area contributed by atoms with Crippen LogP contribution in [-0.4, -0.2) is 70.9 Å². The summed E-state index contributed by atoms with van der Waals surface area (Å²) in [6.45, 7) is 8.36. The van der Waals surface area contributed by atoms with Gasteiger partial charge in [-0.15, -0.1) is 0 Å². The van der Waals surface area contributed by atoms with Gasteiger partial charge in [-0.1, -0.05) is 13.3 Å². The molecule has 1 aromatic heterocycles. The van der Waals surface area contributed by atoms with Crippen LogP contribution in [0.2, 0.25) is 0 Å². The van der Waals surface area contributed by atoms with Crippen molar-refractivity contribution < 1.29 is 9.59 Å². The average molecular weight is 396 g/mol. The van der Waals surface area contributed by atoms with Crippen LogP contribution in [0.1, 0.15) is 47.5 Å². The normalized spacial score (nSPS) is 14.0. The summed E-state index contributed by atoms with van der Waals surface area (Å²) in [6.07, 6.45) is 6.85. The molecule has 154 valence electrons. The van der Waals surface area contributed by atoms with Crippen LogP contribution >= 0.6 is 0 Å². The van der Waals surface area contributed by atoms with Crippen LogP contribution in [0.25, 0.3) is 0 Å². The summed E-state index contributed by atoms with van der Waals surface area (Å²) in [5, 5.41) is 0. The van der Waals surface area contributed by atoms with E-state index in [9.17, 15) is 9.59 Å². The molecule has 1 aliphatic heterocycles. The predicted molar refractivity (Wildman–Crippen MR) is 113 cm³/mol. The van der Waals surface area contributed by atoms with E-state index in [-0.39, 0.29) is 11.8 Å². The number of carbonyl (C=O) groups excluding carboxylic acids is 2. The van der Waals surface area contributed by atoms with Crippen molar-refractivity contribution in [3.8, 4) is 0 Å². The molecular formula is C22H29N5O2. The van der Waals surface area contributed by atoms with Crippen LogP contribution in [0.5, 0.6) is 0 Å². The van der Waals surface area contributed by atoms with Crippen molar-refractivity contribution in [3.05, 3.63) is 54.1 Å². The first kappa shape index (κ1) is 20.8. The summed E-state index contributed by atoms with van der Waals surface area (Å²) in [6, 6.07) is 7.87. The zero-order chi connectivity index (χ0) is 20.6. The number of hydrogen-bond donors (Lipinski definition) is 0. The summed E-state index contributed by atoms with van der Waals surface area (Å²) < 4.78 is 0. The lowest BCUT2D eigenvalue weighted by molar-refractivity contribution is 0.0532. The molecule has 0 atom stereocenters. The van der Waals surface area contributed by atoms with E-state index >= 15 is 0 Å². The standard InChI is InChI=1S/C22H29N5O2/c1-3-5-12-25(4-2)19-8-6-18(7-9-19)21(28)26-13-15-27(16-14-26)22(29)20-17-23-10-11-24-20/h6-11,17H,3-5,12-16H2,1-2H3. The first-order valence-electron chi connectivity index (χ1n) is 10.3. The quantitative estimate of drug-likeness (QED) is 0.721. The van der Waals surface area contributed by atoms with Crippen LogP contribution < -0.4 is 4.90 Å². The minimum absolute atomic E-state index is 0.0137. The second kappa shape index (κ2) is 10.0. The van der Waals surface area contributed by atoms with Crippen molar-refractivity contribution >= 4 is 17.5 Å². The van der Waals surface area contributed by atoms with Gasteiger partial charge in [-0.25, -0.2) is 4.98 Å². The van der Waals surface area contributed by atoms with E-state index in [1.165, 1.54) is 18.8 Å². The number of aromatic nitrogens is 2. The number of rotatable bonds is 7. The molecule has 2 heterocycles. The number of hydrogen-bond acceptors (Lipinski definition) is 5. The zero-order valence-electron chi connectivity index (χ0n) is 17.3. The number of amides is 2. The third-order valence-corrected chi connectivity index (χ3v) is 5.28. The van der Waals surface area contributed by atoms with E-state index in [0.29, 0.717) is 37.4 Å². The van der Waals surface area contributed by atoms with Gasteiger partial charge in [0.05, 0.1) is 6.20 Å². The third-order valence-electron chi connectivity index (χ3n) is 5.28. The molecule has 7 nitrogen and oxygen atoms in total. The van der Waals surface area contributed by atoms with Crippen LogP contribution in [0, 0.1) is 0 Å². The smallest absolute Gasteiger partial charge is 0.274 e. The third kappa shape index (κ3) is 5.10. The van der Waals surface area contributed by atoms with Gasteiger partial charge in [0, 0.05) is 62.9 Å². The molecule has 0 bridgehead atoms. The molecule has 2 amide bonds. The molecule has 1 aliphatic rings. The van der Waals surface area contributed by atoms with E-state index in [1.807, 2.05) is 29.2 Å². The van der Waals surface area contributed by atoms with Gasteiger partial charge in [-0.3, -0.25) is 14.6 Å². The van der Waals surface area contributed by atoms with E-state index in [2.05, 4.69) is 28.7 Å². The number of benzene rings is 1. The maximum absolute atomic E-state index is 12.9. The Hall–Kier alpha value is -2.96. The molecule has 7 heteroatoms. The van der Waals surface area contributed by atoms with Gasteiger partial charge in [-0.05, 0) is 37.6 Å². The van der Waals surface area contributed by atoms with Crippen molar-refractivity contribution in [1.82, 2.24) is 19.8 Å². The Labute approximate surface area is 172 Å². The molecule has 0 N–H and O–H groups in total. The lowest BCUT2D eigenvalue weighted by Gasteiger charge is -2.34. The fourth-order valence-corrected chi connectivity index (χ4v) is 3.50. The molecule has 0 unspecified atom stereocenters. The highest BCUT2D eigenvalue weighted by Gasteiger charge is 2.26. The Bertz CT molecular complexity index is 802. The van der Waals surface area contributed by atoms with Crippen LogP contribution in [0.4, 0.5) is 5.69 Å². The van der Waals surface area contributed by atoms with Crippen LogP contribution in [0.15, 0.2) is 42.9 Å². The van der Waals surface area contributed by atoms with Gasteiger partial charge in [0.25, 0.3) is 11.8 Å². The van der Waals surface area contributed by atoms with Crippen molar-refractivity contribution in [3.63, 3.8) is 0 Å². The monoisotopic (exact) mass is 395 g/mol. The maximum atomic E-state index is 12.9. The van der Waals surface area contributed by atoms with E-state index in [0.717, 1.165) is 25.2 Å². The number of anilines is 1. The maximum Gasteiger partial charge on any atom is 0.274 e. The second-order valence-corrected chi connectivity index (χ2v) is 7.16. The number of piperazine rings is 1. The lowest BCUT2D eigenvalue weighted by atomic mass is 10.1. The first-order valence-corrected chi connectivity index (χ1v) is 10.3. The van der Waals surface area contributed by atoms with Crippen LogP contribution in [0.3, 0.4) is 0 Å². The molecule has 0 saturated carbocycles. The summed E-state index contributed by atoms with van der Waals surface area (Å²) >= 11 is 0. The largest absolute Gasteiger partial charge is 0.372 e. The molecule has 0 radical (unpaired) electrons. The van der Waals surface area contributed by atoms with Crippen molar-refractivity contribution in [2.24, 2.45) is 0 Å². The highest BCUT2D eigenvalue weighted by Crippen LogP contribution is 2.18. The van der Waals surface area contributed by atoms with Gasteiger partial charge in [0.2, 0.25) is 0 Å². The summed E-state index contributed by atoms with van der Waals surface area (Å²) in [4.78, 5) is 39.2. The SMILES string of the molecule is CCCCN(CC)c1ccc(C(=O)N2CCN(C(=O)c3cnccn3)CC2)cc1. The second-order valence-electron chi connectivity index (χ2n) is 7.16. The lowest BCUT2D eigenvalue weighted by Crippen LogP contribution is -2.50. The summed E-state index contributed by atoms with van der Waals surface area (Å²) in [5.41, 5.74) is 2.18. The molecule has 2 aromatic rings. The molecule has 0 aliphatic carbocycles. The molecular weight excluding hydrogens is 366 g/mol. The molecule has 1 fully saturated rings. The average Bonchev–Trinajstić information content (AvgIpc) is 2.80. The summed E-state index contributed by atoms with van der Waals surface area (Å²) in [7, 11) is 0. The Morgan fingerprint density at radius 3 is 2.17 bits per heavy atom. The topological polar surface area (TPSA) is 69.6 Å². The number of nitrogens with zero attached hydrogens (tertiary/aromatic N) is 5. The van der Waals surface area contributed by atoms with Gasteiger partial charge in [-0.2, -0.15) is 0 Å².